The van der Waals surface area contributed by atoms with Gasteiger partial charge in [0, 0.05) is 23.3 Å². The van der Waals surface area contributed by atoms with Gasteiger partial charge in [-0.1, -0.05) is 25.1 Å². The Bertz CT molecular complexity index is 650. The number of hydrogen-bond donors (Lipinski definition) is 2. The monoisotopic (exact) mass is 269 g/mol. The molecule has 0 aliphatic carbocycles. The second-order valence-corrected chi connectivity index (χ2v) is 4.83. The Morgan fingerprint density at radius 3 is 2.75 bits per heavy atom. The lowest BCUT2D eigenvalue weighted by atomic mass is 10.1. The van der Waals surface area contributed by atoms with Crippen molar-refractivity contribution in [3.05, 3.63) is 52.8 Å². The summed E-state index contributed by atoms with van der Waals surface area (Å²) in [4.78, 5) is 16.5. The minimum absolute atomic E-state index is 0.223. The molecule has 0 spiro atoms. The number of hydrogen-bond acceptors (Lipinski definition) is 3. The van der Waals surface area contributed by atoms with Crippen LogP contribution in [-0.4, -0.2) is 10.9 Å². The van der Waals surface area contributed by atoms with Crippen LogP contribution >= 0.6 is 0 Å². The first-order chi connectivity index (χ1) is 9.52. The molecule has 1 aromatic carbocycles. The summed E-state index contributed by atoms with van der Waals surface area (Å²) in [6.07, 6.45) is 2.38. The number of nitrogens with one attached hydrogen (secondary N) is 1. The second kappa shape index (κ2) is 5.74. The van der Waals surface area contributed by atoms with Gasteiger partial charge in [0.1, 0.15) is 0 Å². The van der Waals surface area contributed by atoms with Crippen LogP contribution in [-0.2, 0) is 6.42 Å². The predicted octanol–water partition coefficient (Wildman–Crippen LogP) is 3.10. The number of amides is 1. The van der Waals surface area contributed by atoms with Crippen LogP contribution in [0.5, 0.6) is 0 Å². The number of aryl methyl sites for hydroxylation is 3. The molecular formula is C16H19N3O. The van der Waals surface area contributed by atoms with Crippen LogP contribution in [0.1, 0.15) is 34.1 Å². The standard InChI is InChI=1S/C16H19N3O/c1-4-12-7-5-6-10(2)15(12)19-16(20)13-9-18-11(3)8-14(13)17/h5-9H,4H2,1-3H3,(H2,17,18)(H,19,20). The third-order valence-corrected chi connectivity index (χ3v) is 3.30. The summed E-state index contributed by atoms with van der Waals surface area (Å²) in [5, 5.41) is 2.95. The first kappa shape index (κ1) is 14.1. The number of aromatic nitrogens is 1. The van der Waals surface area contributed by atoms with Crippen molar-refractivity contribution in [2.75, 3.05) is 11.1 Å². The van der Waals surface area contributed by atoms with Gasteiger partial charge in [-0.25, -0.2) is 0 Å². The molecule has 4 heteroatoms. The van der Waals surface area contributed by atoms with Gasteiger partial charge in [-0.05, 0) is 37.5 Å². The van der Waals surface area contributed by atoms with Gasteiger partial charge in [0.05, 0.1) is 5.56 Å². The molecule has 0 radical (unpaired) electrons. The van der Waals surface area contributed by atoms with Crippen LogP contribution in [0, 0.1) is 13.8 Å². The van der Waals surface area contributed by atoms with Crippen LogP contribution < -0.4 is 11.1 Å². The Labute approximate surface area is 119 Å². The van der Waals surface area contributed by atoms with Crippen molar-refractivity contribution in [3.8, 4) is 0 Å². The zero-order valence-corrected chi connectivity index (χ0v) is 12.0. The molecule has 0 aliphatic rings. The summed E-state index contributed by atoms with van der Waals surface area (Å²) < 4.78 is 0. The maximum Gasteiger partial charge on any atom is 0.259 e. The molecule has 4 nitrogen and oxygen atoms in total. The summed E-state index contributed by atoms with van der Waals surface area (Å²) in [5.41, 5.74) is 10.5. The molecule has 0 bridgehead atoms. The maximum atomic E-state index is 12.3. The van der Waals surface area contributed by atoms with Crippen molar-refractivity contribution >= 4 is 17.3 Å². The Morgan fingerprint density at radius 1 is 1.35 bits per heavy atom. The third kappa shape index (κ3) is 2.79. The Hall–Kier alpha value is -2.36. The van der Waals surface area contributed by atoms with Gasteiger partial charge in [-0.3, -0.25) is 9.78 Å². The Balaban J connectivity index is 2.33. The van der Waals surface area contributed by atoms with E-state index in [1.165, 1.54) is 6.20 Å². The molecule has 0 saturated heterocycles. The van der Waals surface area contributed by atoms with Crippen molar-refractivity contribution in [3.63, 3.8) is 0 Å². The lowest BCUT2D eigenvalue weighted by molar-refractivity contribution is 0.102. The largest absolute Gasteiger partial charge is 0.398 e. The fourth-order valence-corrected chi connectivity index (χ4v) is 2.15. The summed E-state index contributed by atoms with van der Waals surface area (Å²) in [6.45, 7) is 5.88. The van der Waals surface area contributed by atoms with Gasteiger partial charge in [0.15, 0.2) is 0 Å². The summed E-state index contributed by atoms with van der Waals surface area (Å²) >= 11 is 0. The van der Waals surface area contributed by atoms with Crippen LogP contribution in [0.3, 0.4) is 0 Å². The van der Waals surface area contributed by atoms with E-state index in [1.807, 2.05) is 32.0 Å². The number of nitrogens with zero attached hydrogens (tertiary/aromatic N) is 1. The quantitative estimate of drug-likeness (QED) is 0.899. The molecule has 0 atom stereocenters. The van der Waals surface area contributed by atoms with E-state index >= 15 is 0 Å². The molecule has 104 valence electrons. The van der Waals surface area contributed by atoms with E-state index in [1.54, 1.807) is 6.07 Å². The van der Waals surface area contributed by atoms with Gasteiger partial charge >= 0.3 is 0 Å². The number of anilines is 2. The molecule has 2 rings (SSSR count). The van der Waals surface area contributed by atoms with Crippen molar-refractivity contribution in [2.45, 2.75) is 27.2 Å². The molecule has 1 aromatic heterocycles. The van der Waals surface area contributed by atoms with Gasteiger partial charge in [0.2, 0.25) is 0 Å². The topological polar surface area (TPSA) is 68.0 Å². The summed E-state index contributed by atoms with van der Waals surface area (Å²) in [6, 6.07) is 7.68. The zero-order valence-electron chi connectivity index (χ0n) is 12.0. The molecule has 0 fully saturated rings. The number of carbonyl (C=O) groups excluding carboxylic acids is 1. The molecule has 1 heterocycles. The fourth-order valence-electron chi connectivity index (χ4n) is 2.15. The molecule has 0 aliphatic heterocycles. The highest BCUT2D eigenvalue weighted by molar-refractivity contribution is 6.08. The summed E-state index contributed by atoms with van der Waals surface area (Å²) in [5.74, 6) is -0.223. The molecular weight excluding hydrogens is 250 g/mol. The van der Waals surface area contributed by atoms with Crippen molar-refractivity contribution in [1.29, 1.82) is 0 Å². The van der Waals surface area contributed by atoms with E-state index < -0.39 is 0 Å². The number of para-hydroxylation sites is 1. The predicted molar refractivity (Wildman–Crippen MR) is 81.9 cm³/mol. The molecule has 2 aromatic rings. The number of nitrogens with two attached hydrogens (primary N) is 1. The van der Waals surface area contributed by atoms with Crippen LogP contribution in [0.25, 0.3) is 0 Å². The number of carbonyl (C=O) groups is 1. The molecule has 3 N–H and O–H groups in total. The highest BCUT2D eigenvalue weighted by Crippen LogP contribution is 2.22. The third-order valence-electron chi connectivity index (χ3n) is 3.30. The van der Waals surface area contributed by atoms with Gasteiger partial charge in [-0.15, -0.1) is 0 Å². The highest BCUT2D eigenvalue weighted by Gasteiger charge is 2.13. The van der Waals surface area contributed by atoms with Gasteiger partial charge in [0.25, 0.3) is 5.91 Å². The maximum absolute atomic E-state index is 12.3. The van der Waals surface area contributed by atoms with E-state index in [2.05, 4.69) is 17.2 Å². The zero-order chi connectivity index (χ0) is 14.7. The smallest absolute Gasteiger partial charge is 0.259 e. The first-order valence-electron chi connectivity index (χ1n) is 6.65. The average Bonchev–Trinajstić information content (AvgIpc) is 2.40. The van der Waals surface area contributed by atoms with E-state index in [0.29, 0.717) is 11.3 Å². The van der Waals surface area contributed by atoms with Crippen LogP contribution in [0.4, 0.5) is 11.4 Å². The van der Waals surface area contributed by atoms with E-state index in [9.17, 15) is 4.79 Å². The van der Waals surface area contributed by atoms with E-state index in [0.717, 1.165) is 28.9 Å². The Kier molecular flexibility index (Phi) is 4.03. The average molecular weight is 269 g/mol. The normalized spacial score (nSPS) is 10.3. The van der Waals surface area contributed by atoms with E-state index in [4.69, 9.17) is 5.73 Å². The van der Waals surface area contributed by atoms with Gasteiger partial charge < -0.3 is 11.1 Å². The minimum Gasteiger partial charge on any atom is -0.398 e. The van der Waals surface area contributed by atoms with Gasteiger partial charge in [-0.2, -0.15) is 0 Å². The number of pyridine rings is 1. The molecule has 20 heavy (non-hydrogen) atoms. The van der Waals surface area contributed by atoms with E-state index in [-0.39, 0.29) is 5.91 Å². The number of benzene rings is 1. The van der Waals surface area contributed by atoms with Crippen molar-refractivity contribution in [1.82, 2.24) is 4.98 Å². The first-order valence-corrected chi connectivity index (χ1v) is 6.65. The molecule has 0 unspecified atom stereocenters. The fraction of sp³-hybridized carbons (Fsp3) is 0.250. The summed E-state index contributed by atoms with van der Waals surface area (Å²) in [7, 11) is 0. The SMILES string of the molecule is CCc1cccc(C)c1NC(=O)c1cnc(C)cc1N. The van der Waals surface area contributed by atoms with Crippen LogP contribution in [0.15, 0.2) is 30.5 Å². The lowest BCUT2D eigenvalue weighted by Gasteiger charge is -2.13. The van der Waals surface area contributed by atoms with Crippen molar-refractivity contribution in [2.24, 2.45) is 0 Å². The van der Waals surface area contributed by atoms with Crippen molar-refractivity contribution < 1.29 is 4.79 Å². The minimum atomic E-state index is -0.223. The second-order valence-electron chi connectivity index (χ2n) is 4.83. The number of nitrogen functional groups attached to an aromatic ring is 1. The van der Waals surface area contributed by atoms with Crippen LogP contribution in [0.2, 0.25) is 0 Å². The lowest BCUT2D eigenvalue weighted by Crippen LogP contribution is -2.16. The number of rotatable bonds is 3. The molecule has 0 saturated carbocycles. The highest BCUT2D eigenvalue weighted by atomic mass is 16.1. The Morgan fingerprint density at radius 2 is 2.10 bits per heavy atom. The molecule has 1 amide bonds.